The Labute approximate surface area is 89.1 Å². The van der Waals surface area contributed by atoms with Crippen LogP contribution >= 0.6 is 11.3 Å². The van der Waals surface area contributed by atoms with Crippen LogP contribution in [0.2, 0.25) is 0 Å². The molecule has 14 heavy (non-hydrogen) atoms. The zero-order chi connectivity index (χ0) is 9.80. The summed E-state index contributed by atoms with van der Waals surface area (Å²) in [6.45, 7) is 3.22. The maximum absolute atomic E-state index is 4.49. The molecular formula is C11H16N2S. The summed E-state index contributed by atoms with van der Waals surface area (Å²) >= 11 is 1.83. The lowest BCUT2D eigenvalue weighted by Crippen LogP contribution is -2.37. The lowest BCUT2D eigenvalue weighted by molar-refractivity contribution is 0.578. The average molecular weight is 208 g/mol. The summed E-state index contributed by atoms with van der Waals surface area (Å²) in [6, 6.07) is 4.90. The largest absolute Gasteiger partial charge is 0.371 e. The summed E-state index contributed by atoms with van der Waals surface area (Å²) in [6.07, 6.45) is 3.35. The lowest BCUT2D eigenvalue weighted by Gasteiger charge is -2.20. The molecule has 0 aromatic carbocycles. The minimum Gasteiger partial charge on any atom is -0.371 e. The van der Waals surface area contributed by atoms with E-state index < -0.39 is 0 Å². The van der Waals surface area contributed by atoms with Gasteiger partial charge in [0.25, 0.3) is 0 Å². The number of aryl methyl sites for hydroxylation is 1. The highest BCUT2D eigenvalue weighted by Gasteiger charge is 2.10. The molecule has 1 unspecified atom stereocenters. The first kappa shape index (κ1) is 9.71. The maximum Gasteiger partial charge on any atom is 0.0968 e. The highest BCUT2D eigenvalue weighted by atomic mass is 32.1. The van der Waals surface area contributed by atoms with E-state index in [2.05, 4.69) is 34.7 Å². The van der Waals surface area contributed by atoms with Crippen LogP contribution in [0.25, 0.3) is 0 Å². The minimum atomic E-state index is 0.603. The molecule has 2 heterocycles. The predicted molar refractivity (Wildman–Crippen MR) is 62.2 cm³/mol. The number of amidine groups is 1. The van der Waals surface area contributed by atoms with Crippen molar-refractivity contribution in [3.8, 4) is 0 Å². The molecule has 0 aliphatic carbocycles. The first-order valence-corrected chi connectivity index (χ1v) is 6.05. The smallest absolute Gasteiger partial charge is 0.0968 e. The van der Waals surface area contributed by atoms with E-state index >= 15 is 0 Å². The molecule has 3 heteroatoms. The fraction of sp³-hybridized carbons (Fsp3) is 0.545. The van der Waals surface area contributed by atoms with Crippen molar-refractivity contribution in [3.05, 3.63) is 22.4 Å². The van der Waals surface area contributed by atoms with Crippen molar-refractivity contribution in [2.24, 2.45) is 4.99 Å². The van der Waals surface area contributed by atoms with Gasteiger partial charge in [0.2, 0.25) is 0 Å². The van der Waals surface area contributed by atoms with Crippen LogP contribution in [-0.2, 0) is 6.42 Å². The van der Waals surface area contributed by atoms with E-state index in [-0.39, 0.29) is 0 Å². The van der Waals surface area contributed by atoms with Gasteiger partial charge in [-0.15, -0.1) is 11.3 Å². The third-order valence-corrected chi connectivity index (χ3v) is 3.40. The van der Waals surface area contributed by atoms with Gasteiger partial charge in [-0.1, -0.05) is 6.07 Å². The van der Waals surface area contributed by atoms with Crippen molar-refractivity contribution >= 4 is 17.2 Å². The molecule has 0 saturated heterocycles. The summed E-state index contributed by atoms with van der Waals surface area (Å²) in [4.78, 5) is 5.94. The fourth-order valence-electron chi connectivity index (χ4n) is 1.64. The molecule has 1 aliphatic rings. The number of nitrogens with zero attached hydrogens (tertiary/aromatic N) is 1. The second kappa shape index (κ2) is 4.60. The highest BCUT2D eigenvalue weighted by Crippen LogP contribution is 2.12. The molecule has 1 aromatic rings. The molecule has 1 aliphatic heterocycles. The van der Waals surface area contributed by atoms with E-state index in [1.54, 1.807) is 0 Å². The van der Waals surface area contributed by atoms with E-state index in [9.17, 15) is 0 Å². The van der Waals surface area contributed by atoms with Crippen LogP contribution in [0.3, 0.4) is 0 Å². The number of hydrogen-bond acceptors (Lipinski definition) is 3. The Morgan fingerprint density at radius 1 is 1.57 bits per heavy atom. The van der Waals surface area contributed by atoms with Gasteiger partial charge in [-0.2, -0.15) is 0 Å². The van der Waals surface area contributed by atoms with Crippen LogP contribution in [0.4, 0.5) is 0 Å². The Morgan fingerprint density at radius 2 is 2.50 bits per heavy atom. The van der Waals surface area contributed by atoms with Crippen molar-refractivity contribution in [2.45, 2.75) is 32.2 Å². The first-order chi connectivity index (χ1) is 6.84. The molecular weight excluding hydrogens is 192 g/mol. The molecule has 0 amide bonds. The van der Waals surface area contributed by atoms with Crippen LogP contribution < -0.4 is 5.32 Å². The van der Waals surface area contributed by atoms with E-state index in [4.69, 9.17) is 0 Å². The zero-order valence-electron chi connectivity index (χ0n) is 8.49. The minimum absolute atomic E-state index is 0.603. The molecule has 0 saturated carbocycles. The summed E-state index contributed by atoms with van der Waals surface area (Å²) in [5.41, 5.74) is 0. The van der Waals surface area contributed by atoms with Gasteiger partial charge in [0.05, 0.1) is 5.84 Å². The van der Waals surface area contributed by atoms with Crippen molar-refractivity contribution in [3.63, 3.8) is 0 Å². The number of aliphatic imine (C=N–C) groups is 1. The van der Waals surface area contributed by atoms with Gasteiger partial charge in [-0.25, -0.2) is 0 Å². The Hall–Kier alpha value is -0.830. The molecule has 0 spiro atoms. The quantitative estimate of drug-likeness (QED) is 0.810. The molecule has 1 atom stereocenters. The number of thiophene rings is 1. The summed E-state index contributed by atoms with van der Waals surface area (Å²) < 4.78 is 0. The average Bonchev–Trinajstić information content (AvgIpc) is 2.67. The van der Waals surface area contributed by atoms with Gasteiger partial charge in [0.15, 0.2) is 0 Å². The fourth-order valence-corrected chi connectivity index (χ4v) is 2.35. The standard InChI is InChI=1S/C11H16N2S/c1-9-6-7-12-11(13-9)5-4-10-3-2-8-14-10/h2-3,8-9H,4-7H2,1H3,(H,12,13). The second-order valence-electron chi connectivity index (χ2n) is 3.74. The molecule has 1 N–H and O–H groups in total. The van der Waals surface area contributed by atoms with Gasteiger partial charge in [-0.3, -0.25) is 4.99 Å². The second-order valence-corrected chi connectivity index (χ2v) is 4.77. The highest BCUT2D eigenvalue weighted by molar-refractivity contribution is 7.09. The Bertz CT molecular complexity index is 303. The Kier molecular flexibility index (Phi) is 3.19. The van der Waals surface area contributed by atoms with Crippen molar-refractivity contribution < 1.29 is 0 Å². The normalized spacial score (nSPS) is 21.5. The summed E-state index contributed by atoms with van der Waals surface area (Å²) in [5.74, 6) is 1.19. The van der Waals surface area contributed by atoms with Crippen LogP contribution in [0, 0.1) is 0 Å². The van der Waals surface area contributed by atoms with E-state index in [1.807, 2.05) is 11.3 Å². The van der Waals surface area contributed by atoms with E-state index in [0.29, 0.717) is 6.04 Å². The maximum atomic E-state index is 4.49. The third kappa shape index (κ3) is 2.58. The van der Waals surface area contributed by atoms with Crippen LogP contribution in [0.5, 0.6) is 0 Å². The van der Waals surface area contributed by atoms with Crippen LogP contribution in [0.15, 0.2) is 22.5 Å². The van der Waals surface area contributed by atoms with Gasteiger partial charge in [0.1, 0.15) is 0 Å². The van der Waals surface area contributed by atoms with Gasteiger partial charge < -0.3 is 5.32 Å². The van der Waals surface area contributed by atoms with Gasteiger partial charge >= 0.3 is 0 Å². The summed E-state index contributed by atoms with van der Waals surface area (Å²) in [7, 11) is 0. The molecule has 76 valence electrons. The Balaban J connectivity index is 1.83. The lowest BCUT2D eigenvalue weighted by atomic mass is 10.1. The molecule has 2 rings (SSSR count). The van der Waals surface area contributed by atoms with Gasteiger partial charge in [-0.05, 0) is 31.2 Å². The molecule has 2 nitrogen and oxygen atoms in total. The Morgan fingerprint density at radius 3 is 3.21 bits per heavy atom. The molecule has 0 bridgehead atoms. The topological polar surface area (TPSA) is 24.4 Å². The van der Waals surface area contributed by atoms with E-state index in [0.717, 1.165) is 19.4 Å². The number of rotatable bonds is 3. The van der Waals surface area contributed by atoms with Crippen LogP contribution in [0.1, 0.15) is 24.6 Å². The number of hydrogen-bond donors (Lipinski definition) is 1. The van der Waals surface area contributed by atoms with E-state index in [1.165, 1.54) is 17.1 Å². The monoisotopic (exact) mass is 208 g/mol. The zero-order valence-corrected chi connectivity index (χ0v) is 9.31. The van der Waals surface area contributed by atoms with Crippen molar-refractivity contribution in [2.75, 3.05) is 6.54 Å². The molecule has 0 radical (unpaired) electrons. The van der Waals surface area contributed by atoms with Crippen LogP contribution in [-0.4, -0.2) is 18.4 Å². The third-order valence-electron chi connectivity index (χ3n) is 2.47. The first-order valence-electron chi connectivity index (χ1n) is 5.17. The van der Waals surface area contributed by atoms with Gasteiger partial charge in [0, 0.05) is 23.9 Å². The molecule has 0 fully saturated rings. The predicted octanol–water partition coefficient (Wildman–Crippen LogP) is 2.46. The summed E-state index contributed by atoms with van der Waals surface area (Å²) in [5, 5.41) is 5.57. The van der Waals surface area contributed by atoms with Crippen molar-refractivity contribution in [1.29, 1.82) is 0 Å². The molecule has 1 aromatic heterocycles. The SMILES string of the molecule is CC1CCN=C(CCc2cccs2)N1. The number of nitrogens with one attached hydrogen (secondary N) is 1. The van der Waals surface area contributed by atoms with Crippen molar-refractivity contribution in [1.82, 2.24) is 5.32 Å².